The van der Waals surface area contributed by atoms with Gasteiger partial charge in [0, 0.05) is 29.8 Å². The topological polar surface area (TPSA) is 29.9 Å². The lowest BCUT2D eigenvalue weighted by Crippen LogP contribution is -2.06. The van der Waals surface area contributed by atoms with E-state index in [1.807, 2.05) is 17.1 Å². The molecule has 0 spiro atoms. The van der Waals surface area contributed by atoms with Gasteiger partial charge in [-0.15, -0.1) is 0 Å². The normalized spacial score (nSPS) is 12.1. The zero-order valence-corrected chi connectivity index (χ0v) is 12.3. The Morgan fingerprint density at radius 3 is 2.57 bits per heavy atom. The first-order chi connectivity index (χ1) is 10.2. The molecule has 3 rings (SSSR count). The Morgan fingerprint density at radius 1 is 1.10 bits per heavy atom. The van der Waals surface area contributed by atoms with Crippen molar-refractivity contribution in [1.29, 1.82) is 0 Å². The predicted molar refractivity (Wildman–Crippen MR) is 86.8 cm³/mol. The van der Waals surface area contributed by atoms with Gasteiger partial charge in [0.2, 0.25) is 0 Å². The van der Waals surface area contributed by atoms with Crippen LogP contribution in [0.25, 0.3) is 5.69 Å². The fraction of sp³-hybridized carbons (Fsp3) is 0.167. The molecule has 0 aliphatic rings. The number of benzene rings is 2. The molecular weight excluding hydrogens is 258 g/mol. The monoisotopic (exact) mass is 277 g/mol. The molecule has 1 atom stereocenters. The van der Waals surface area contributed by atoms with Crippen molar-refractivity contribution in [2.45, 2.75) is 19.9 Å². The minimum Gasteiger partial charge on any atom is -0.379 e. The molecule has 2 aromatic carbocycles. The second-order valence-corrected chi connectivity index (χ2v) is 5.30. The second kappa shape index (κ2) is 5.83. The maximum atomic E-state index is 4.07. The molecule has 0 bridgehead atoms. The van der Waals surface area contributed by atoms with Gasteiger partial charge in [0.1, 0.15) is 0 Å². The predicted octanol–water partition coefficient (Wildman–Crippen LogP) is 4.35. The van der Waals surface area contributed by atoms with Crippen molar-refractivity contribution in [3.05, 3.63) is 78.4 Å². The van der Waals surface area contributed by atoms with Crippen molar-refractivity contribution >= 4 is 5.69 Å². The van der Waals surface area contributed by atoms with Gasteiger partial charge in [0.05, 0.1) is 6.33 Å². The molecule has 1 heterocycles. The summed E-state index contributed by atoms with van der Waals surface area (Å²) >= 11 is 0. The van der Waals surface area contributed by atoms with Crippen molar-refractivity contribution in [1.82, 2.24) is 9.55 Å². The van der Waals surface area contributed by atoms with Crippen molar-refractivity contribution in [2.75, 3.05) is 5.32 Å². The van der Waals surface area contributed by atoms with Crippen LogP contribution in [-0.2, 0) is 0 Å². The molecule has 106 valence electrons. The standard InChI is InChI=1S/C18H19N3/c1-14-4-3-5-17(12-14)20-15(2)16-6-8-18(9-7-16)21-11-10-19-13-21/h3-13,15,20H,1-2H3. The molecule has 0 saturated heterocycles. The van der Waals surface area contributed by atoms with E-state index in [1.165, 1.54) is 11.1 Å². The highest BCUT2D eigenvalue weighted by Crippen LogP contribution is 2.21. The molecule has 1 N–H and O–H groups in total. The number of aryl methyl sites for hydroxylation is 1. The van der Waals surface area contributed by atoms with Gasteiger partial charge >= 0.3 is 0 Å². The molecule has 3 nitrogen and oxygen atoms in total. The van der Waals surface area contributed by atoms with Gasteiger partial charge in [0.15, 0.2) is 0 Å². The Labute approximate surface area is 125 Å². The van der Waals surface area contributed by atoms with Crippen molar-refractivity contribution < 1.29 is 0 Å². The highest BCUT2D eigenvalue weighted by Gasteiger charge is 2.05. The van der Waals surface area contributed by atoms with Crippen molar-refractivity contribution in [3.63, 3.8) is 0 Å². The Bertz CT molecular complexity index is 700. The Morgan fingerprint density at radius 2 is 1.90 bits per heavy atom. The second-order valence-electron chi connectivity index (χ2n) is 5.30. The molecule has 21 heavy (non-hydrogen) atoms. The maximum absolute atomic E-state index is 4.07. The van der Waals surface area contributed by atoms with E-state index in [2.05, 4.69) is 72.7 Å². The highest BCUT2D eigenvalue weighted by molar-refractivity contribution is 5.48. The summed E-state index contributed by atoms with van der Waals surface area (Å²) in [5.74, 6) is 0. The summed E-state index contributed by atoms with van der Waals surface area (Å²) in [6, 6.07) is 17.3. The first-order valence-corrected chi connectivity index (χ1v) is 7.14. The van der Waals surface area contributed by atoms with E-state index < -0.39 is 0 Å². The minimum atomic E-state index is 0.267. The summed E-state index contributed by atoms with van der Waals surface area (Å²) in [5.41, 5.74) is 4.81. The maximum Gasteiger partial charge on any atom is 0.0991 e. The summed E-state index contributed by atoms with van der Waals surface area (Å²) in [7, 11) is 0. The lowest BCUT2D eigenvalue weighted by molar-refractivity contribution is 0.882. The number of nitrogens with one attached hydrogen (secondary N) is 1. The van der Waals surface area contributed by atoms with Crippen LogP contribution in [0.4, 0.5) is 5.69 Å². The number of imidazole rings is 1. The lowest BCUT2D eigenvalue weighted by Gasteiger charge is -2.16. The van der Waals surface area contributed by atoms with Gasteiger partial charge in [-0.05, 0) is 49.2 Å². The van der Waals surface area contributed by atoms with Crippen LogP contribution in [0.1, 0.15) is 24.1 Å². The highest BCUT2D eigenvalue weighted by atomic mass is 15.0. The van der Waals surface area contributed by atoms with Crippen LogP contribution in [0.5, 0.6) is 0 Å². The Balaban J connectivity index is 1.74. The number of hydrogen-bond acceptors (Lipinski definition) is 2. The third-order valence-electron chi connectivity index (χ3n) is 3.60. The molecule has 1 unspecified atom stereocenters. The van der Waals surface area contributed by atoms with E-state index in [0.29, 0.717) is 0 Å². The van der Waals surface area contributed by atoms with Crippen LogP contribution in [0.15, 0.2) is 67.3 Å². The van der Waals surface area contributed by atoms with Gasteiger partial charge in [0.25, 0.3) is 0 Å². The molecule has 1 aromatic heterocycles. The largest absolute Gasteiger partial charge is 0.379 e. The molecule has 0 radical (unpaired) electrons. The van der Waals surface area contributed by atoms with E-state index in [0.717, 1.165) is 11.4 Å². The quantitative estimate of drug-likeness (QED) is 0.768. The lowest BCUT2D eigenvalue weighted by atomic mass is 10.1. The van der Waals surface area contributed by atoms with E-state index in [-0.39, 0.29) is 6.04 Å². The first kappa shape index (κ1) is 13.4. The summed E-state index contributed by atoms with van der Waals surface area (Å²) < 4.78 is 2.00. The first-order valence-electron chi connectivity index (χ1n) is 7.14. The number of rotatable bonds is 4. The van der Waals surface area contributed by atoms with Crippen molar-refractivity contribution in [2.24, 2.45) is 0 Å². The van der Waals surface area contributed by atoms with Gasteiger partial charge < -0.3 is 9.88 Å². The van der Waals surface area contributed by atoms with Crippen LogP contribution in [0.2, 0.25) is 0 Å². The van der Waals surface area contributed by atoms with Gasteiger partial charge in [-0.1, -0.05) is 24.3 Å². The smallest absolute Gasteiger partial charge is 0.0991 e. The average molecular weight is 277 g/mol. The van der Waals surface area contributed by atoms with Crippen LogP contribution >= 0.6 is 0 Å². The van der Waals surface area contributed by atoms with E-state index in [4.69, 9.17) is 0 Å². The van der Waals surface area contributed by atoms with Gasteiger partial charge in [-0.3, -0.25) is 0 Å². The SMILES string of the molecule is Cc1cccc(NC(C)c2ccc(-n3ccnc3)cc2)c1. The molecule has 3 aromatic rings. The summed E-state index contributed by atoms with van der Waals surface area (Å²) in [4.78, 5) is 4.07. The third kappa shape index (κ3) is 3.14. The number of aromatic nitrogens is 2. The van der Waals surface area contributed by atoms with Crippen LogP contribution < -0.4 is 5.32 Å². The van der Waals surface area contributed by atoms with E-state index in [1.54, 1.807) is 6.20 Å². The summed E-state index contributed by atoms with van der Waals surface area (Å²) in [6.07, 6.45) is 5.54. The zero-order chi connectivity index (χ0) is 14.7. The summed E-state index contributed by atoms with van der Waals surface area (Å²) in [5, 5.41) is 3.53. The Hall–Kier alpha value is -2.55. The van der Waals surface area contributed by atoms with Crippen molar-refractivity contribution in [3.8, 4) is 5.69 Å². The average Bonchev–Trinajstić information content (AvgIpc) is 3.01. The molecule has 0 aliphatic carbocycles. The molecule has 0 aliphatic heterocycles. The van der Waals surface area contributed by atoms with E-state index in [9.17, 15) is 0 Å². The van der Waals surface area contributed by atoms with Crippen LogP contribution in [-0.4, -0.2) is 9.55 Å². The molecule has 0 saturated carbocycles. The number of nitrogens with zero attached hydrogens (tertiary/aromatic N) is 2. The summed E-state index contributed by atoms with van der Waals surface area (Å²) in [6.45, 7) is 4.28. The van der Waals surface area contributed by atoms with Crippen LogP contribution in [0.3, 0.4) is 0 Å². The number of hydrogen-bond donors (Lipinski definition) is 1. The molecular formula is C18H19N3. The fourth-order valence-corrected chi connectivity index (χ4v) is 2.42. The molecule has 0 amide bonds. The van der Waals surface area contributed by atoms with E-state index >= 15 is 0 Å². The Kier molecular flexibility index (Phi) is 3.73. The number of anilines is 1. The third-order valence-corrected chi connectivity index (χ3v) is 3.60. The minimum absolute atomic E-state index is 0.267. The fourth-order valence-electron chi connectivity index (χ4n) is 2.42. The van der Waals surface area contributed by atoms with Gasteiger partial charge in [-0.2, -0.15) is 0 Å². The molecule has 0 fully saturated rings. The molecule has 3 heteroatoms. The zero-order valence-electron chi connectivity index (χ0n) is 12.3. The van der Waals surface area contributed by atoms with Gasteiger partial charge in [-0.25, -0.2) is 4.98 Å². The van der Waals surface area contributed by atoms with Crippen LogP contribution in [0, 0.1) is 6.92 Å².